The van der Waals surface area contributed by atoms with Crippen molar-refractivity contribution in [1.82, 2.24) is 10.4 Å². The summed E-state index contributed by atoms with van der Waals surface area (Å²) in [5.74, 6) is -2.43. The number of amides is 2. The molecule has 0 spiro atoms. The van der Waals surface area contributed by atoms with Crippen LogP contribution in [0.1, 0.15) is 36.8 Å². The maximum absolute atomic E-state index is 12.6. The zero-order valence-electron chi connectivity index (χ0n) is 18.8. The molecule has 10 nitrogen and oxygen atoms in total. The molecule has 1 aliphatic heterocycles. The van der Waals surface area contributed by atoms with Gasteiger partial charge in [0.1, 0.15) is 12.4 Å². The molecule has 2 atom stereocenters. The summed E-state index contributed by atoms with van der Waals surface area (Å²) < 4.78 is 10.2. The molecule has 0 aliphatic carbocycles. The number of nitrogens with one attached hydrogen (secondary N) is 1. The van der Waals surface area contributed by atoms with E-state index >= 15 is 0 Å². The Hall–Kier alpha value is -4.30. The third-order valence-electron chi connectivity index (χ3n) is 5.41. The van der Waals surface area contributed by atoms with Gasteiger partial charge in [0.15, 0.2) is 0 Å². The Morgan fingerprint density at radius 1 is 1.09 bits per heavy atom. The number of Topliss-reactive ketones (excluding diaryl/α,β-unsaturated/α-hetero) is 1. The molecule has 10 heteroatoms. The van der Waals surface area contributed by atoms with Gasteiger partial charge in [-0.25, -0.2) is 9.80 Å². The van der Waals surface area contributed by atoms with Crippen LogP contribution < -0.4 is 10.2 Å². The minimum absolute atomic E-state index is 0.126. The summed E-state index contributed by atoms with van der Waals surface area (Å²) >= 11 is 0. The van der Waals surface area contributed by atoms with Crippen molar-refractivity contribution in [1.29, 1.82) is 0 Å². The van der Waals surface area contributed by atoms with Crippen molar-refractivity contribution in [2.75, 3.05) is 7.11 Å². The number of hydrogen-bond acceptors (Lipinski definition) is 6. The van der Waals surface area contributed by atoms with Crippen molar-refractivity contribution in [3.63, 3.8) is 0 Å². The number of esters is 1. The first-order valence-corrected chi connectivity index (χ1v) is 10.6. The van der Waals surface area contributed by atoms with E-state index in [-0.39, 0.29) is 25.4 Å². The summed E-state index contributed by atoms with van der Waals surface area (Å²) in [4.78, 5) is 51.8. The monoisotopic (exact) mass is 464 g/mol. The Morgan fingerprint density at radius 3 is 2.35 bits per heavy atom. The van der Waals surface area contributed by atoms with Crippen molar-refractivity contribution in [2.45, 2.75) is 38.3 Å². The summed E-state index contributed by atoms with van der Waals surface area (Å²) in [6.45, 7) is 1.15. The standard InChI is InChI=1S/C24H24N4O6/c1-15(29)27-28-19(21(23(28)31)17-6-4-3-5-7-17)12-13-20(30)22(26-25)24(32)34-14-16-8-10-18(33-2)11-9-16/h3-11,19,21H,12-14H2,1-2H3,(H,27,29)/t19-,21+/m1/s1. The first kappa shape index (κ1) is 24.3. The molecule has 176 valence electrons. The highest BCUT2D eigenvalue weighted by Crippen LogP contribution is 2.37. The molecule has 2 amide bonds. The van der Waals surface area contributed by atoms with E-state index in [2.05, 4.69) is 10.2 Å². The van der Waals surface area contributed by atoms with Crippen LogP contribution in [0.25, 0.3) is 5.53 Å². The number of hydrogen-bond donors (Lipinski definition) is 1. The topological polar surface area (TPSA) is 138 Å². The second kappa shape index (κ2) is 11.0. The molecular weight excluding hydrogens is 440 g/mol. The van der Waals surface area contributed by atoms with Gasteiger partial charge in [-0.2, -0.15) is 4.79 Å². The molecule has 1 N–H and O–H groups in total. The van der Waals surface area contributed by atoms with E-state index in [0.717, 1.165) is 5.56 Å². The number of hydrazine groups is 1. The summed E-state index contributed by atoms with van der Waals surface area (Å²) in [6.07, 6.45) is -0.0659. The number of nitrogens with zero attached hydrogens (tertiary/aromatic N) is 3. The first-order chi connectivity index (χ1) is 16.3. The van der Waals surface area contributed by atoms with Crippen molar-refractivity contribution in [2.24, 2.45) is 0 Å². The fourth-order valence-corrected chi connectivity index (χ4v) is 3.72. The number of methoxy groups -OCH3 is 1. The third-order valence-corrected chi connectivity index (χ3v) is 5.41. The Bertz CT molecular complexity index is 1130. The van der Waals surface area contributed by atoms with Crippen molar-refractivity contribution < 1.29 is 33.4 Å². The predicted octanol–water partition coefficient (Wildman–Crippen LogP) is 1.80. The van der Waals surface area contributed by atoms with Crippen LogP contribution >= 0.6 is 0 Å². The fraction of sp³-hybridized carbons (Fsp3) is 0.292. The Balaban J connectivity index is 1.62. The van der Waals surface area contributed by atoms with Crippen LogP contribution in [0.3, 0.4) is 0 Å². The Kier molecular flexibility index (Phi) is 7.89. The van der Waals surface area contributed by atoms with E-state index in [1.54, 1.807) is 48.5 Å². The Morgan fingerprint density at radius 2 is 1.76 bits per heavy atom. The van der Waals surface area contributed by atoms with Crippen LogP contribution in [-0.4, -0.2) is 52.2 Å². The van der Waals surface area contributed by atoms with Gasteiger partial charge < -0.3 is 15.0 Å². The van der Waals surface area contributed by atoms with E-state index in [1.807, 2.05) is 6.07 Å². The number of β-lactam (4-membered cyclic amide) rings is 1. The molecule has 0 bridgehead atoms. The highest BCUT2D eigenvalue weighted by Gasteiger charge is 2.49. The summed E-state index contributed by atoms with van der Waals surface area (Å²) in [5, 5.41) is 1.19. The van der Waals surface area contributed by atoms with Gasteiger partial charge in [0.25, 0.3) is 11.7 Å². The van der Waals surface area contributed by atoms with Crippen molar-refractivity contribution in [3.05, 3.63) is 71.3 Å². The lowest BCUT2D eigenvalue weighted by Crippen LogP contribution is -2.65. The lowest BCUT2D eigenvalue weighted by Gasteiger charge is -2.46. The minimum atomic E-state index is -1.06. The lowest BCUT2D eigenvalue weighted by atomic mass is 9.80. The maximum atomic E-state index is 12.6. The quantitative estimate of drug-likeness (QED) is 0.142. The molecule has 2 aromatic carbocycles. The first-order valence-electron chi connectivity index (χ1n) is 10.6. The zero-order chi connectivity index (χ0) is 24.7. The lowest BCUT2D eigenvalue weighted by molar-refractivity contribution is -0.161. The summed E-state index contributed by atoms with van der Waals surface area (Å²) in [7, 11) is 1.53. The van der Waals surface area contributed by atoms with Crippen LogP contribution in [0, 0.1) is 0 Å². The average Bonchev–Trinajstić information content (AvgIpc) is 2.84. The van der Waals surface area contributed by atoms with Crippen LogP contribution in [0.5, 0.6) is 5.75 Å². The molecule has 1 aliphatic rings. The van der Waals surface area contributed by atoms with Gasteiger partial charge in [0.05, 0.1) is 19.1 Å². The molecule has 0 unspecified atom stereocenters. The predicted molar refractivity (Wildman–Crippen MR) is 119 cm³/mol. The maximum Gasteiger partial charge on any atom is 0.441 e. The number of carbonyl (C=O) groups is 4. The van der Waals surface area contributed by atoms with E-state index in [9.17, 15) is 24.7 Å². The SMILES string of the molecule is COc1ccc(COC(=O)C(=[N+]=[N-])C(=O)CC[C@@H]2[C@H](c3ccccc3)C(=O)N2NC(C)=O)cc1. The molecule has 0 saturated carbocycles. The van der Waals surface area contributed by atoms with Crippen LogP contribution in [0.15, 0.2) is 54.6 Å². The van der Waals surface area contributed by atoms with E-state index in [4.69, 9.17) is 9.47 Å². The molecule has 1 heterocycles. The molecule has 0 radical (unpaired) electrons. The minimum Gasteiger partial charge on any atom is -0.497 e. The molecule has 1 fully saturated rings. The van der Waals surface area contributed by atoms with Gasteiger partial charge in [-0.15, -0.1) is 0 Å². The van der Waals surface area contributed by atoms with Gasteiger partial charge in [-0.1, -0.05) is 42.5 Å². The van der Waals surface area contributed by atoms with Gasteiger partial charge in [0, 0.05) is 13.3 Å². The van der Waals surface area contributed by atoms with Crippen molar-refractivity contribution in [3.8, 4) is 5.75 Å². The summed E-state index contributed by atoms with van der Waals surface area (Å²) in [5.41, 5.74) is 12.4. The van der Waals surface area contributed by atoms with Crippen LogP contribution in [0.2, 0.25) is 0 Å². The van der Waals surface area contributed by atoms with Crippen LogP contribution in [0.4, 0.5) is 0 Å². The van der Waals surface area contributed by atoms with Gasteiger partial charge >= 0.3 is 11.7 Å². The molecular formula is C24H24N4O6. The van der Waals surface area contributed by atoms with Crippen molar-refractivity contribution >= 4 is 29.3 Å². The smallest absolute Gasteiger partial charge is 0.441 e. The second-order valence-electron chi connectivity index (χ2n) is 7.67. The fourth-order valence-electron chi connectivity index (χ4n) is 3.72. The number of ketones is 1. The summed E-state index contributed by atoms with van der Waals surface area (Å²) in [6, 6.07) is 15.3. The average molecular weight is 464 g/mol. The largest absolute Gasteiger partial charge is 0.497 e. The Labute approximate surface area is 196 Å². The third kappa shape index (κ3) is 5.54. The van der Waals surface area contributed by atoms with Gasteiger partial charge in [-0.05, 0) is 29.7 Å². The molecule has 2 aromatic rings. The molecule has 34 heavy (non-hydrogen) atoms. The van der Waals surface area contributed by atoms with E-state index in [0.29, 0.717) is 11.3 Å². The zero-order valence-corrected chi connectivity index (χ0v) is 18.8. The highest BCUT2D eigenvalue weighted by atomic mass is 16.5. The number of benzene rings is 2. The second-order valence-corrected chi connectivity index (χ2v) is 7.67. The highest BCUT2D eigenvalue weighted by molar-refractivity contribution is 6.62. The number of rotatable bonds is 10. The molecule has 0 aromatic heterocycles. The van der Waals surface area contributed by atoms with Gasteiger partial charge in [0.2, 0.25) is 5.91 Å². The number of carbonyl (C=O) groups excluding carboxylic acids is 4. The normalized spacial score (nSPS) is 16.6. The number of ether oxygens (including phenoxy) is 2. The van der Waals surface area contributed by atoms with Gasteiger partial charge in [-0.3, -0.25) is 19.8 Å². The van der Waals surface area contributed by atoms with E-state index < -0.39 is 35.3 Å². The van der Waals surface area contributed by atoms with E-state index in [1.165, 1.54) is 19.0 Å². The molecule has 3 rings (SSSR count). The molecule has 1 saturated heterocycles. The van der Waals surface area contributed by atoms with Crippen LogP contribution in [-0.2, 0) is 30.5 Å².